The molecule has 0 spiro atoms. The van der Waals surface area contributed by atoms with Gasteiger partial charge in [-0.2, -0.15) is 0 Å². The van der Waals surface area contributed by atoms with Crippen molar-refractivity contribution >= 4 is 17.5 Å². The number of ether oxygens (including phenoxy) is 1. The minimum atomic E-state index is -0.659. The summed E-state index contributed by atoms with van der Waals surface area (Å²) in [4.78, 5) is 10.7. The predicted octanol–water partition coefficient (Wildman–Crippen LogP) is 0.237. The number of rotatable bonds is 2. The highest BCUT2D eigenvalue weighted by atomic mass is 35.5. The Kier molecular flexibility index (Phi) is 2.44. The minimum Gasteiger partial charge on any atom is -0.480 e. The van der Waals surface area contributed by atoms with E-state index in [1.807, 2.05) is 0 Å². The number of carbonyl (C=O) groups is 1. The Hall–Kier alpha value is -1.36. The van der Waals surface area contributed by atoms with Crippen LogP contribution < -0.4 is 10.5 Å². The molecule has 0 aliphatic carbocycles. The molecule has 0 unspecified atom stereocenters. The van der Waals surface area contributed by atoms with E-state index in [1.54, 1.807) is 0 Å². The van der Waals surface area contributed by atoms with Gasteiger partial charge < -0.3 is 10.5 Å². The second-order valence-electron chi connectivity index (χ2n) is 1.96. The standard InChI is InChI=1S/C6H6ClN3O2/c1-12-4-2-3(6(8)11)5(7)10-9-4/h2H,1H3,(H2,8,11). The number of nitrogens with two attached hydrogens (primary N) is 1. The zero-order valence-electron chi connectivity index (χ0n) is 6.24. The molecule has 0 aromatic carbocycles. The minimum absolute atomic E-state index is 0.0247. The van der Waals surface area contributed by atoms with E-state index in [2.05, 4.69) is 10.2 Å². The molecule has 0 radical (unpaired) electrons. The molecule has 0 fully saturated rings. The van der Waals surface area contributed by atoms with E-state index in [0.717, 1.165) is 0 Å². The monoisotopic (exact) mass is 187 g/mol. The summed E-state index contributed by atoms with van der Waals surface area (Å²) in [7, 11) is 1.41. The van der Waals surface area contributed by atoms with Crippen LogP contribution >= 0.6 is 11.6 Å². The van der Waals surface area contributed by atoms with Crippen molar-refractivity contribution in [1.82, 2.24) is 10.2 Å². The van der Waals surface area contributed by atoms with Gasteiger partial charge in [0.1, 0.15) is 0 Å². The van der Waals surface area contributed by atoms with Crippen LogP contribution in [0.4, 0.5) is 0 Å². The van der Waals surface area contributed by atoms with E-state index in [0.29, 0.717) is 0 Å². The van der Waals surface area contributed by atoms with Crippen molar-refractivity contribution in [1.29, 1.82) is 0 Å². The average molecular weight is 188 g/mol. The number of primary amides is 1. The fourth-order valence-corrected chi connectivity index (χ4v) is 0.817. The number of hydrogen-bond donors (Lipinski definition) is 1. The lowest BCUT2D eigenvalue weighted by molar-refractivity contribution is 0.0999. The molecule has 1 amide bonds. The molecule has 0 saturated carbocycles. The van der Waals surface area contributed by atoms with Gasteiger partial charge in [-0.05, 0) is 0 Å². The second-order valence-corrected chi connectivity index (χ2v) is 2.31. The first-order valence-electron chi connectivity index (χ1n) is 3.02. The van der Waals surface area contributed by atoms with Crippen molar-refractivity contribution in [3.05, 3.63) is 16.8 Å². The Labute approximate surface area is 73.5 Å². The quantitative estimate of drug-likeness (QED) is 0.719. The molecule has 1 aromatic heterocycles. The topological polar surface area (TPSA) is 78.1 Å². The van der Waals surface area contributed by atoms with Crippen LogP contribution in [-0.4, -0.2) is 23.2 Å². The lowest BCUT2D eigenvalue weighted by Crippen LogP contribution is -2.13. The van der Waals surface area contributed by atoms with Gasteiger partial charge in [0.2, 0.25) is 5.88 Å². The molecule has 6 heteroatoms. The Morgan fingerprint density at radius 2 is 2.33 bits per heavy atom. The van der Waals surface area contributed by atoms with E-state index in [9.17, 15) is 4.79 Å². The van der Waals surface area contributed by atoms with Crippen molar-refractivity contribution in [3.8, 4) is 5.88 Å². The summed E-state index contributed by atoms with van der Waals surface area (Å²) in [5, 5.41) is 6.96. The molecule has 12 heavy (non-hydrogen) atoms. The third kappa shape index (κ3) is 1.62. The van der Waals surface area contributed by atoms with Crippen LogP contribution in [0.1, 0.15) is 10.4 Å². The molecule has 1 aromatic rings. The van der Waals surface area contributed by atoms with Crippen LogP contribution in [0.3, 0.4) is 0 Å². The number of halogens is 1. The third-order valence-corrected chi connectivity index (χ3v) is 1.48. The molecule has 0 atom stereocenters. The maximum Gasteiger partial charge on any atom is 0.252 e. The van der Waals surface area contributed by atoms with E-state index in [-0.39, 0.29) is 16.6 Å². The highest BCUT2D eigenvalue weighted by Crippen LogP contribution is 2.15. The highest BCUT2D eigenvalue weighted by molar-refractivity contribution is 6.32. The summed E-state index contributed by atoms with van der Waals surface area (Å²) >= 11 is 5.52. The summed E-state index contributed by atoms with van der Waals surface area (Å²) in [5.41, 5.74) is 5.09. The van der Waals surface area contributed by atoms with Gasteiger partial charge in [0.05, 0.1) is 12.7 Å². The van der Waals surface area contributed by atoms with Crippen LogP contribution in [0.2, 0.25) is 5.15 Å². The molecule has 64 valence electrons. The second kappa shape index (κ2) is 3.36. The third-order valence-electron chi connectivity index (χ3n) is 1.20. The molecule has 0 aliphatic heterocycles. The van der Waals surface area contributed by atoms with Gasteiger partial charge in [0.25, 0.3) is 5.91 Å². The van der Waals surface area contributed by atoms with Crippen molar-refractivity contribution in [2.24, 2.45) is 5.73 Å². The first kappa shape index (κ1) is 8.73. The van der Waals surface area contributed by atoms with E-state index < -0.39 is 5.91 Å². The molecule has 2 N–H and O–H groups in total. The molecule has 0 bridgehead atoms. The van der Waals surface area contributed by atoms with Gasteiger partial charge in [-0.1, -0.05) is 11.6 Å². The molecule has 1 heterocycles. The number of hydrogen-bond acceptors (Lipinski definition) is 4. The fraction of sp³-hybridized carbons (Fsp3) is 0.167. The molecule has 5 nitrogen and oxygen atoms in total. The maximum atomic E-state index is 10.7. The molecule has 1 rings (SSSR count). The zero-order chi connectivity index (χ0) is 9.14. The van der Waals surface area contributed by atoms with Crippen molar-refractivity contribution in [2.45, 2.75) is 0 Å². The first-order chi connectivity index (χ1) is 5.65. The molecule has 0 aliphatic rings. The van der Waals surface area contributed by atoms with Crippen LogP contribution in [-0.2, 0) is 0 Å². The summed E-state index contributed by atoms with van der Waals surface area (Å²) in [6, 6.07) is 1.33. The normalized spacial score (nSPS) is 9.50. The van der Waals surface area contributed by atoms with Gasteiger partial charge in [-0.25, -0.2) is 0 Å². The van der Waals surface area contributed by atoms with Crippen LogP contribution in [0.25, 0.3) is 0 Å². The number of carbonyl (C=O) groups excluding carboxylic acids is 1. The van der Waals surface area contributed by atoms with Gasteiger partial charge in [0.15, 0.2) is 5.15 Å². The number of aromatic nitrogens is 2. The van der Waals surface area contributed by atoms with E-state index in [1.165, 1.54) is 13.2 Å². The van der Waals surface area contributed by atoms with Crippen molar-refractivity contribution in [2.75, 3.05) is 7.11 Å². The summed E-state index contributed by atoms with van der Waals surface area (Å²) in [6.45, 7) is 0. The van der Waals surface area contributed by atoms with Gasteiger partial charge in [-0.3, -0.25) is 4.79 Å². The van der Waals surface area contributed by atoms with E-state index >= 15 is 0 Å². The van der Waals surface area contributed by atoms with Crippen molar-refractivity contribution < 1.29 is 9.53 Å². The van der Waals surface area contributed by atoms with Gasteiger partial charge >= 0.3 is 0 Å². The summed E-state index contributed by atoms with van der Waals surface area (Å²) in [5.74, 6) is -0.457. The predicted molar refractivity (Wildman–Crippen MR) is 42.1 cm³/mol. The fourth-order valence-electron chi connectivity index (χ4n) is 0.631. The molecule has 0 saturated heterocycles. The first-order valence-corrected chi connectivity index (χ1v) is 3.40. The number of methoxy groups -OCH3 is 1. The smallest absolute Gasteiger partial charge is 0.252 e. The summed E-state index contributed by atoms with van der Waals surface area (Å²) < 4.78 is 4.72. The molecular weight excluding hydrogens is 182 g/mol. The number of amides is 1. The Bertz CT molecular complexity index is 316. The Balaban J connectivity index is 3.17. The van der Waals surface area contributed by atoms with Crippen LogP contribution in [0, 0.1) is 0 Å². The average Bonchev–Trinajstić information content (AvgIpc) is 2.05. The van der Waals surface area contributed by atoms with Gasteiger partial charge in [0, 0.05) is 6.07 Å². The SMILES string of the molecule is COc1cc(C(N)=O)c(Cl)nn1. The van der Waals surface area contributed by atoms with Gasteiger partial charge in [-0.15, -0.1) is 10.2 Å². The van der Waals surface area contributed by atoms with Crippen molar-refractivity contribution in [3.63, 3.8) is 0 Å². The lowest BCUT2D eigenvalue weighted by Gasteiger charge is -2.00. The lowest BCUT2D eigenvalue weighted by atomic mass is 10.3. The molecular formula is C6H6ClN3O2. The Morgan fingerprint density at radius 3 is 2.83 bits per heavy atom. The zero-order valence-corrected chi connectivity index (χ0v) is 7.00. The number of nitrogens with zero attached hydrogens (tertiary/aromatic N) is 2. The maximum absolute atomic E-state index is 10.7. The van der Waals surface area contributed by atoms with Crippen LogP contribution in [0.5, 0.6) is 5.88 Å². The largest absolute Gasteiger partial charge is 0.480 e. The highest BCUT2D eigenvalue weighted by Gasteiger charge is 2.09. The van der Waals surface area contributed by atoms with Crippen LogP contribution in [0.15, 0.2) is 6.07 Å². The summed E-state index contributed by atoms with van der Waals surface area (Å²) in [6.07, 6.45) is 0. The Morgan fingerprint density at radius 1 is 1.67 bits per heavy atom. The van der Waals surface area contributed by atoms with E-state index in [4.69, 9.17) is 22.1 Å².